The Morgan fingerprint density at radius 2 is 2.00 bits per heavy atom. The van der Waals surface area contributed by atoms with Crippen LogP contribution in [0.4, 0.5) is 0 Å². The molecule has 0 aromatic carbocycles. The van der Waals surface area contributed by atoms with Gasteiger partial charge in [-0.3, -0.25) is 0 Å². The van der Waals surface area contributed by atoms with Crippen molar-refractivity contribution in [2.45, 2.75) is 25.8 Å². The van der Waals surface area contributed by atoms with Gasteiger partial charge in [0.1, 0.15) is 0 Å². The molecule has 0 aromatic rings. The van der Waals surface area contributed by atoms with Gasteiger partial charge >= 0.3 is 0 Å². The second kappa shape index (κ2) is 5.02. The molecule has 0 spiro atoms. The highest BCUT2D eigenvalue weighted by atomic mass is 32.2. The third kappa shape index (κ3) is 2.96. The molecule has 0 aliphatic carbocycles. The molecule has 0 radical (unpaired) electrons. The first-order chi connectivity index (χ1) is 7.61. The van der Waals surface area contributed by atoms with Gasteiger partial charge in [-0.2, -0.15) is 0 Å². The molecule has 3 rings (SSSR count). The SMILES string of the molecule is CCS(=O)(=O)CCNC1CN2CCC1CC2. The Kier molecular flexibility index (Phi) is 3.87. The standard InChI is InChI=1S/C11H22N2O2S/c1-2-16(14,15)8-5-12-11-9-13-6-3-10(11)4-7-13/h10-12H,2-9H2,1H3. The lowest BCUT2D eigenvalue weighted by Gasteiger charge is -2.45. The zero-order valence-electron chi connectivity index (χ0n) is 9.98. The number of rotatable bonds is 5. The highest BCUT2D eigenvalue weighted by Crippen LogP contribution is 2.27. The third-order valence-corrected chi connectivity index (χ3v) is 5.62. The van der Waals surface area contributed by atoms with E-state index in [1.165, 1.54) is 25.9 Å². The Hall–Kier alpha value is -0.130. The minimum absolute atomic E-state index is 0.259. The minimum atomic E-state index is -2.81. The van der Waals surface area contributed by atoms with Crippen LogP contribution < -0.4 is 5.32 Å². The van der Waals surface area contributed by atoms with Crippen molar-refractivity contribution in [2.24, 2.45) is 5.92 Å². The Bertz CT molecular complexity index is 321. The van der Waals surface area contributed by atoms with Crippen LogP contribution in [0.5, 0.6) is 0 Å². The summed E-state index contributed by atoms with van der Waals surface area (Å²) in [5, 5.41) is 3.42. The number of hydrogen-bond donors (Lipinski definition) is 1. The molecule has 3 aliphatic rings. The molecule has 1 unspecified atom stereocenters. The van der Waals surface area contributed by atoms with Gasteiger partial charge in [0.2, 0.25) is 0 Å². The summed E-state index contributed by atoms with van der Waals surface area (Å²) in [6, 6.07) is 0.523. The normalized spacial score (nSPS) is 34.2. The fraction of sp³-hybridized carbons (Fsp3) is 1.00. The molecule has 3 aliphatic heterocycles. The number of nitrogens with one attached hydrogen (secondary N) is 1. The molecule has 1 atom stereocenters. The van der Waals surface area contributed by atoms with Crippen LogP contribution in [0.15, 0.2) is 0 Å². The second-order valence-corrected chi connectivity index (χ2v) is 7.41. The fourth-order valence-corrected chi connectivity index (χ4v) is 3.46. The summed E-state index contributed by atoms with van der Waals surface area (Å²) in [5.74, 6) is 1.32. The summed E-state index contributed by atoms with van der Waals surface area (Å²) in [6.45, 7) is 5.90. The van der Waals surface area contributed by atoms with Gasteiger partial charge in [0.05, 0.1) is 5.75 Å². The summed E-state index contributed by atoms with van der Waals surface area (Å²) in [5.41, 5.74) is 0. The maximum Gasteiger partial charge on any atom is 0.151 e. The first kappa shape index (κ1) is 12.3. The molecule has 0 aromatic heterocycles. The van der Waals surface area contributed by atoms with Gasteiger partial charge in [0.25, 0.3) is 0 Å². The molecule has 3 heterocycles. The number of nitrogens with zero attached hydrogens (tertiary/aromatic N) is 1. The monoisotopic (exact) mass is 246 g/mol. The van der Waals surface area contributed by atoms with E-state index in [4.69, 9.17) is 0 Å². The van der Waals surface area contributed by atoms with Crippen molar-refractivity contribution in [3.63, 3.8) is 0 Å². The minimum Gasteiger partial charge on any atom is -0.311 e. The number of hydrogen-bond acceptors (Lipinski definition) is 4. The second-order valence-electron chi connectivity index (χ2n) is 4.94. The lowest BCUT2D eigenvalue weighted by Crippen LogP contribution is -2.56. The van der Waals surface area contributed by atoms with Crippen molar-refractivity contribution in [3.8, 4) is 0 Å². The van der Waals surface area contributed by atoms with E-state index in [1.807, 2.05) is 0 Å². The van der Waals surface area contributed by atoms with E-state index >= 15 is 0 Å². The van der Waals surface area contributed by atoms with Crippen LogP contribution in [0, 0.1) is 5.92 Å². The van der Waals surface area contributed by atoms with Crippen LogP contribution >= 0.6 is 0 Å². The lowest BCUT2D eigenvalue weighted by atomic mass is 9.84. The summed E-state index contributed by atoms with van der Waals surface area (Å²) in [4.78, 5) is 2.48. The van der Waals surface area contributed by atoms with E-state index in [0.717, 1.165) is 12.5 Å². The molecular formula is C11H22N2O2S. The van der Waals surface area contributed by atoms with Crippen LogP contribution in [-0.2, 0) is 9.84 Å². The molecule has 5 heteroatoms. The van der Waals surface area contributed by atoms with Gasteiger partial charge in [0, 0.05) is 24.9 Å². The van der Waals surface area contributed by atoms with Crippen molar-refractivity contribution in [2.75, 3.05) is 37.7 Å². The van der Waals surface area contributed by atoms with Gasteiger partial charge in [-0.15, -0.1) is 0 Å². The van der Waals surface area contributed by atoms with Crippen molar-refractivity contribution < 1.29 is 8.42 Å². The van der Waals surface area contributed by atoms with Crippen LogP contribution in [0.1, 0.15) is 19.8 Å². The zero-order valence-corrected chi connectivity index (χ0v) is 10.8. The zero-order chi connectivity index (χ0) is 11.6. The van der Waals surface area contributed by atoms with Crippen molar-refractivity contribution >= 4 is 9.84 Å². The van der Waals surface area contributed by atoms with Crippen LogP contribution in [0.3, 0.4) is 0 Å². The van der Waals surface area contributed by atoms with E-state index in [9.17, 15) is 8.42 Å². The largest absolute Gasteiger partial charge is 0.311 e. The maximum absolute atomic E-state index is 11.4. The van der Waals surface area contributed by atoms with Gasteiger partial charge in [0.15, 0.2) is 9.84 Å². The van der Waals surface area contributed by atoms with Crippen LogP contribution in [0.25, 0.3) is 0 Å². The molecule has 0 saturated carbocycles. The Labute approximate surface area is 98.3 Å². The number of piperidine rings is 3. The van der Waals surface area contributed by atoms with E-state index in [1.54, 1.807) is 6.92 Å². The highest BCUT2D eigenvalue weighted by Gasteiger charge is 2.33. The van der Waals surface area contributed by atoms with Crippen molar-refractivity contribution in [1.29, 1.82) is 0 Å². The first-order valence-electron chi connectivity index (χ1n) is 6.27. The molecule has 4 nitrogen and oxygen atoms in total. The molecule has 1 N–H and O–H groups in total. The van der Waals surface area contributed by atoms with Gasteiger partial charge in [-0.25, -0.2) is 8.42 Å². The van der Waals surface area contributed by atoms with E-state index < -0.39 is 9.84 Å². The van der Waals surface area contributed by atoms with E-state index in [2.05, 4.69) is 10.2 Å². The van der Waals surface area contributed by atoms with Crippen LogP contribution in [0.2, 0.25) is 0 Å². The van der Waals surface area contributed by atoms with Gasteiger partial charge in [-0.05, 0) is 31.8 Å². The van der Waals surface area contributed by atoms with Crippen LogP contribution in [-0.4, -0.2) is 57.0 Å². The van der Waals surface area contributed by atoms with Crippen molar-refractivity contribution in [1.82, 2.24) is 10.2 Å². The van der Waals surface area contributed by atoms with Gasteiger partial charge in [-0.1, -0.05) is 6.92 Å². The first-order valence-corrected chi connectivity index (χ1v) is 8.09. The fourth-order valence-electron chi connectivity index (χ4n) is 2.74. The number of sulfone groups is 1. The molecule has 94 valence electrons. The Balaban J connectivity index is 1.75. The third-order valence-electron chi connectivity index (χ3n) is 3.92. The molecule has 3 fully saturated rings. The average molecular weight is 246 g/mol. The predicted molar refractivity (Wildman–Crippen MR) is 65.3 cm³/mol. The number of fused-ring (bicyclic) bond motifs is 3. The van der Waals surface area contributed by atoms with E-state index in [-0.39, 0.29) is 11.5 Å². The topological polar surface area (TPSA) is 49.4 Å². The molecule has 16 heavy (non-hydrogen) atoms. The average Bonchev–Trinajstić information content (AvgIpc) is 2.30. The summed E-state index contributed by atoms with van der Waals surface area (Å²) in [7, 11) is -2.81. The molecule has 0 amide bonds. The predicted octanol–water partition coefficient (Wildman–Crippen LogP) is 0.105. The summed E-state index contributed by atoms with van der Waals surface area (Å²) >= 11 is 0. The van der Waals surface area contributed by atoms with Gasteiger partial charge < -0.3 is 10.2 Å². The lowest BCUT2D eigenvalue weighted by molar-refractivity contribution is 0.0738. The Morgan fingerprint density at radius 1 is 1.31 bits per heavy atom. The van der Waals surface area contributed by atoms with E-state index in [0.29, 0.717) is 12.6 Å². The molecular weight excluding hydrogens is 224 g/mol. The smallest absolute Gasteiger partial charge is 0.151 e. The summed E-state index contributed by atoms with van der Waals surface area (Å²) in [6.07, 6.45) is 2.55. The maximum atomic E-state index is 11.4. The Morgan fingerprint density at radius 3 is 2.50 bits per heavy atom. The summed E-state index contributed by atoms with van der Waals surface area (Å²) < 4.78 is 22.7. The quantitative estimate of drug-likeness (QED) is 0.748. The molecule has 2 bridgehead atoms. The highest BCUT2D eigenvalue weighted by molar-refractivity contribution is 7.91. The van der Waals surface area contributed by atoms with Crippen molar-refractivity contribution in [3.05, 3.63) is 0 Å². The molecule has 3 saturated heterocycles.